The third-order valence-corrected chi connectivity index (χ3v) is 3.16. The Hall–Kier alpha value is -1.79. The van der Waals surface area contributed by atoms with Crippen molar-refractivity contribution in [3.63, 3.8) is 0 Å². The van der Waals surface area contributed by atoms with Gasteiger partial charge in [0.2, 0.25) is 0 Å². The second kappa shape index (κ2) is 8.49. The molecule has 0 radical (unpaired) electrons. The van der Waals surface area contributed by atoms with Gasteiger partial charge in [-0.25, -0.2) is 9.59 Å². The molecule has 0 atom stereocenters. The number of nitrogens with zero attached hydrogens (tertiary/aromatic N) is 1. The van der Waals surface area contributed by atoms with Crippen LogP contribution in [0.5, 0.6) is 0 Å². The highest BCUT2D eigenvalue weighted by Crippen LogP contribution is 2.23. The highest BCUT2D eigenvalue weighted by atomic mass is 35.5. The van der Waals surface area contributed by atoms with Crippen molar-refractivity contribution in [1.82, 2.24) is 4.90 Å². The Bertz CT molecular complexity index is 508. The Morgan fingerprint density at radius 3 is 2.67 bits per heavy atom. The van der Waals surface area contributed by atoms with E-state index in [1.54, 1.807) is 4.90 Å². The number of ether oxygens (including phenoxy) is 1. The predicted octanol–water partition coefficient (Wildman–Crippen LogP) is 2.93. The monoisotopic (exact) mass is 314 g/mol. The molecule has 1 rings (SSSR count). The average Bonchev–Trinajstić information content (AvgIpc) is 2.45. The number of likely N-dealkylation sites (N-methyl/N-ethyl adjacent to an activating group) is 1. The summed E-state index contributed by atoms with van der Waals surface area (Å²) in [5.41, 5.74) is 0.337. The summed E-state index contributed by atoms with van der Waals surface area (Å²) in [5.74, 6) is -1.08. The number of halogens is 1. The molecule has 0 saturated carbocycles. The highest BCUT2D eigenvalue weighted by molar-refractivity contribution is 6.33. The van der Waals surface area contributed by atoms with E-state index >= 15 is 0 Å². The lowest BCUT2D eigenvalue weighted by molar-refractivity contribution is 0.0697. The van der Waals surface area contributed by atoms with Crippen LogP contribution in [0.4, 0.5) is 10.5 Å². The van der Waals surface area contributed by atoms with Gasteiger partial charge in [-0.15, -0.1) is 0 Å². The van der Waals surface area contributed by atoms with E-state index in [1.165, 1.54) is 18.2 Å². The van der Waals surface area contributed by atoms with Crippen molar-refractivity contribution < 1.29 is 19.4 Å². The van der Waals surface area contributed by atoms with Crippen molar-refractivity contribution >= 4 is 29.3 Å². The summed E-state index contributed by atoms with van der Waals surface area (Å²) in [6, 6.07) is 3.81. The van der Waals surface area contributed by atoms with Crippen molar-refractivity contribution in [2.24, 2.45) is 0 Å². The molecule has 7 heteroatoms. The number of carboxylic acid groups (broad SMARTS) is 1. The van der Waals surface area contributed by atoms with E-state index in [1.807, 2.05) is 13.8 Å². The van der Waals surface area contributed by atoms with Gasteiger partial charge in [-0.2, -0.15) is 0 Å². The van der Waals surface area contributed by atoms with Crippen LogP contribution < -0.4 is 5.32 Å². The Labute approximate surface area is 128 Å². The molecule has 2 amide bonds. The van der Waals surface area contributed by atoms with Crippen molar-refractivity contribution in [3.05, 3.63) is 28.8 Å². The Kier molecular flexibility index (Phi) is 6.98. The first kappa shape index (κ1) is 17.3. The van der Waals surface area contributed by atoms with E-state index < -0.39 is 5.97 Å². The van der Waals surface area contributed by atoms with Gasteiger partial charge < -0.3 is 20.1 Å². The van der Waals surface area contributed by atoms with E-state index in [2.05, 4.69) is 5.32 Å². The van der Waals surface area contributed by atoms with Crippen LogP contribution in [0.2, 0.25) is 5.02 Å². The zero-order chi connectivity index (χ0) is 15.8. The maximum atomic E-state index is 12.1. The van der Waals surface area contributed by atoms with Gasteiger partial charge in [0.1, 0.15) is 0 Å². The number of hydrogen-bond donors (Lipinski definition) is 2. The van der Waals surface area contributed by atoms with E-state index in [-0.39, 0.29) is 22.3 Å². The Balaban J connectivity index is 2.76. The van der Waals surface area contributed by atoms with Crippen LogP contribution in [0.1, 0.15) is 24.2 Å². The van der Waals surface area contributed by atoms with Gasteiger partial charge in [0.05, 0.1) is 22.9 Å². The first-order valence-electron chi connectivity index (χ1n) is 6.66. The van der Waals surface area contributed by atoms with Gasteiger partial charge in [-0.3, -0.25) is 0 Å². The number of nitrogens with one attached hydrogen (secondary N) is 1. The molecule has 0 unspecified atom stereocenters. The second-order valence-electron chi connectivity index (χ2n) is 4.21. The molecular weight excluding hydrogens is 296 g/mol. The molecule has 0 aliphatic rings. The molecule has 0 aromatic heterocycles. The molecular formula is C14H19ClN2O4. The standard InChI is InChI=1S/C14H19ClN2O4/c1-3-17(7-8-21-4-2)14(20)16-12-9-10(13(18)19)5-6-11(12)15/h5-6,9H,3-4,7-8H2,1-2H3,(H,16,20)(H,18,19). The van der Waals surface area contributed by atoms with Crippen molar-refractivity contribution in [1.29, 1.82) is 0 Å². The summed E-state index contributed by atoms with van der Waals surface area (Å²) >= 11 is 5.97. The van der Waals surface area contributed by atoms with Gasteiger partial charge in [-0.1, -0.05) is 11.6 Å². The van der Waals surface area contributed by atoms with Crippen LogP contribution in [-0.4, -0.2) is 48.3 Å². The molecule has 0 aliphatic heterocycles. The molecule has 0 spiro atoms. The summed E-state index contributed by atoms with van der Waals surface area (Å²) in [4.78, 5) is 24.6. The maximum absolute atomic E-state index is 12.1. The van der Waals surface area contributed by atoms with Gasteiger partial charge in [0, 0.05) is 19.7 Å². The number of anilines is 1. The zero-order valence-corrected chi connectivity index (χ0v) is 12.8. The molecule has 0 heterocycles. The number of rotatable bonds is 7. The van der Waals surface area contributed by atoms with Crippen molar-refractivity contribution in [2.45, 2.75) is 13.8 Å². The zero-order valence-electron chi connectivity index (χ0n) is 12.1. The Morgan fingerprint density at radius 2 is 2.10 bits per heavy atom. The first-order valence-corrected chi connectivity index (χ1v) is 7.03. The summed E-state index contributed by atoms with van der Waals surface area (Å²) in [5, 5.41) is 11.9. The van der Waals surface area contributed by atoms with Crippen LogP contribution in [0.15, 0.2) is 18.2 Å². The quantitative estimate of drug-likeness (QED) is 0.758. The number of benzene rings is 1. The maximum Gasteiger partial charge on any atom is 0.335 e. The molecule has 21 heavy (non-hydrogen) atoms. The minimum atomic E-state index is -1.08. The minimum Gasteiger partial charge on any atom is -0.478 e. The molecule has 116 valence electrons. The van der Waals surface area contributed by atoms with Crippen molar-refractivity contribution in [3.8, 4) is 0 Å². The van der Waals surface area contributed by atoms with E-state index in [0.717, 1.165) is 0 Å². The molecule has 2 N–H and O–H groups in total. The number of carboxylic acids is 1. The van der Waals surface area contributed by atoms with Gasteiger partial charge in [-0.05, 0) is 32.0 Å². The lowest BCUT2D eigenvalue weighted by atomic mass is 10.2. The topological polar surface area (TPSA) is 78.9 Å². The number of hydrogen-bond acceptors (Lipinski definition) is 3. The molecule has 6 nitrogen and oxygen atoms in total. The fourth-order valence-corrected chi connectivity index (χ4v) is 1.84. The number of aromatic carboxylic acids is 1. The fourth-order valence-electron chi connectivity index (χ4n) is 1.67. The van der Waals surface area contributed by atoms with Gasteiger partial charge in [0.25, 0.3) is 0 Å². The fraction of sp³-hybridized carbons (Fsp3) is 0.429. The summed E-state index contributed by atoms with van der Waals surface area (Å²) < 4.78 is 5.22. The van der Waals surface area contributed by atoms with Crippen LogP contribution in [0.3, 0.4) is 0 Å². The predicted molar refractivity (Wildman–Crippen MR) is 81.2 cm³/mol. The molecule has 1 aromatic rings. The van der Waals surface area contributed by atoms with Gasteiger partial charge in [0.15, 0.2) is 0 Å². The second-order valence-corrected chi connectivity index (χ2v) is 4.61. The molecule has 1 aromatic carbocycles. The van der Waals surface area contributed by atoms with Gasteiger partial charge >= 0.3 is 12.0 Å². The van der Waals surface area contributed by atoms with Crippen LogP contribution in [0.25, 0.3) is 0 Å². The summed E-state index contributed by atoms with van der Waals surface area (Å²) in [6.07, 6.45) is 0. The van der Waals surface area contributed by atoms with E-state index in [0.29, 0.717) is 26.3 Å². The molecule has 0 saturated heterocycles. The normalized spacial score (nSPS) is 10.2. The number of amides is 2. The highest BCUT2D eigenvalue weighted by Gasteiger charge is 2.14. The smallest absolute Gasteiger partial charge is 0.335 e. The molecule has 0 aliphatic carbocycles. The number of urea groups is 1. The van der Waals surface area contributed by atoms with Crippen LogP contribution in [-0.2, 0) is 4.74 Å². The van der Waals surface area contributed by atoms with E-state index in [9.17, 15) is 9.59 Å². The lowest BCUT2D eigenvalue weighted by Gasteiger charge is -2.21. The number of carbonyl (C=O) groups excluding carboxylic acids is 1. The SMILES string of the molecule is CCOCCN(CC)C(=O)Nc1cc(C(=O)O)ccc1Cl. The first-order chi connectivity index (χ1) is 9.99. The van der Waals surface area contributed by atoms with Crippen LogP contribution >= 0.6 is 11.6 Å². The minimum absolute atomic E-state index is 0.0621. The third-order valence-electron chi connectivity index (χ3n) is 2.83. The summed E-state index contributed by atoms with van der Waals surface area (Å²) in [7, 11) is 0. The molecule has 0 bridgehead atoms. The third kappa shape index (κ3) is 5.24. The van der Waals surface area contributed by atoms with Crippen LogP contribution in [0, 0.1) is 0 Å². The largest absolute Gasteiger partial charge is 0.478 e. The Morgan fingerprint density at radius 1 is 1.38 bits per heavy atom. The summed E-state index contributed by atoms with van der Waals surface area (Å²) in [6.45, 7) is 5.72. The lowest BCUT2D eigenvalue weighted by Crippen LogP contribution is -2.37. The number of carbonyl (C=O) groups is 2. The molecule has 0 fully saturated rings. The van der Waals surface area contributed by atoms with E-state index in [4.69, 9.17) is 21.4 Å². The van der Waals surface area contributed by atoms with Crippen molar-refractivity contribution in [2.75, 3.05) is 31.6 Å². The average molecular weight is 315 g/mol.